The van der Waals surface area contributed by atoms with Crippen LogP contribution in [0.3, 0.4) is 0 Å². The van der Waals surface area contributed by atoms with Gasteiger partial charge in [-0.1, -0.05) is 54.2 Å². The molecule has 0 N–H and O–H groups in total. The van der Waals surface area contributed by atoms with E-state index in [0.717, 1.165) is 11.1 Å². The van der Waals surface area contributed by atoms with Crippen LogP contribution in [0, 0.1) is 0 Å². The lowest BCUT2D eigenvalue weighted by atomic mass is 10.1. The number of nitrogens with zero attached hydrogens (tertiary/aromatic N) is 3. The van der Waals surface area contributed by atoms with Crippen LogP contribution in [0.25, 0.3) is 22.6 Å². The maximum Gasteiger partial charge on any atom is 0.0443 e. The predicted molar refractivity (Wildman–Crippen MR) is 59.6 cm³/mol. The second-order valence-electron chi connectivity index (χ2n) is 2.69. The minimum absolute atomic E-state index is 0.389. The number of rotatable bonds is 4. The smallest absolute Gasteiger partial charge is 0.0443 e. The topological polar surface area (TPSA) is 48.8 Å². The molecule has 0 unspecified atom stereocenters. The summed E-state index contributed by atoms with van der Waals surface area (Å²) in [4.78, 5) is 2.65. The van der Waals surface area contributed by atoms with Gasteiger partial charge in [0.25, 0.3) is 0 Å². The van der Waals surface area contributed by atoms with Crippen molar-refractivity contribution in [2.75, 3.05) is 6.54 Å². The van der Waals surface area contributed by atoms with E-state index in [1.165, 1.54) is 0 Å². The van der Waals surface area contributed by atoms with Gasteiger partial charge in [-0.3, -0.25) is 0 Å². The third-order valence-corrected chi connectivity index (χ3v) is 1.73. The fraction of sp³-hybridized carbons (Fsp3) is 0.0909. The Morgan fingerprint density at radius 3 is 2.50 bits per heavy atom. The summed E-state index contributed by atoms with van der Waals surface area (Å²) in [5.41, 5.74) is 10.2. The zero-order valence-corrected chi connectivity index (χ0v) is 7.80. The fourth-order valence-corrected chi connectivity index (χ4v) is 1.02. The van der Waals surface area contributed by atoms with E-state index in [4.69, 9.17) is 5.53 Å². The van der Waals surface area contributed by atoms with E-state index in [1.54, 1.807) is 6.08 Å². The first-order chi connectivity index (χ1) is 6.86. The standard InChI is InChI=1S/C11H11N3/c1-2-10-5-7-11(8-6-10)4-3-9-13-14-12/h2-8H,1,9H2. The average molecular weight is 185 g/mol. The summed E-state index contributed by atoms with van der Waals surface area (Å²) in [5.74, 6) is 0. The molecule has 0 fully saturated rings. The van der Waals surface area contributed by atoms with Crippen molar-refractivity contribution in [1.29, 1.82) is 0 Å². The number of azide groups is 1. The first-order valence-electron chi connectivity index (χ1n) is 4.26. The Balaban J connectivity index is 2.63. The van der Waals surface area contributed by atoms with Crippen LogP contribution >= 0.6 is 0 Å². The molecule has 1 aromatic carbocycles. The van der Waals surface area contributed by atoms with Gasteiger partial charge in [0.05, 0.1) is 0 Å². The molecule has 0 amide bonds. The van der Waals surface area contributed by atoms with Gasteiger partial charge in [-0.2, -0.15) is 0 Å². The monoisotopic (exact) mass is 185 g/mol. The SMILES string of the molecule is C=Cc1ccc(C=CCN=[N+]=[N-])cc1. The lowest BCUT2D eigenvalue weighted by Crippen LogP contribution is -1.74. The minimum atomic E-state index is 0.389. The summed E-state index contributed by atoms with van der Waals surface area (Å²) in [5, 5.41) is 3.40. The molecule has 0 bridgehead atoms. The van der Waals surface area contributed by atoms with Crippen LogP contribution in [0.1, 0.15) is 11.1 Å². The third-order valence-electron chi connectivity index (χ3n) is 1.73. The largest absolute Gasteiger partial charge is 0.0985 e. The van der Waals surface area contributed by atoms with Crippen LogP contribution in [-0.2, 0) is 0 Å². The van der Waals surface area contributed by atoms with E-state index in [1.807, 2.05) is 36.4 Å². The van der Waals surface area contributed by atoms with Crippen molar-refractivity contribution in [3.8, 4) is 0 Å². The van der Waals surface area contributed by atoms with Crippen molar-refractivity contribution in [3.05, 3.63) is 58.5 Å². The maximum atomic E-state index is 8.05. The van der Waals surface area contributed by atoms with E-state index >= 15 is 0 Å². The molecule has 1 rings (SSSR count). The van der Waals surface area contributed by atoms with Crippen LogP contribution in [0.5, 0.6) is 0 Å². The van der Waals surface area contributed by atoms with Gasteiger partial charge < -0.3 is 0 Å². The van der Waals surface area contributed by atoms with Crippen molar-refractivity contribution in [1.82, 2.24) is 0 Å². The molecule has 0 spiro atoms. The summed E-state index contributed by atoms with van der Waals surface area (Å²) in [6.07, 6.45) is 5.54. The summed E-state index contributed by atoms with van der Waals surface area (Å²) in [7, 11) is 0. The van der Waals surface area contributed by atoms with Crippen LogP contribution in [0.2, 0.25) is 0 Å². The Hall–Kier alpha value is -1.99. The van der Waals surface area contributed by atoms with E-state index in [2.05, 4.69) is 16.6 Å². The van der Waals surface area contributed by atoms with Crippen molar-refractivity contribution in [2.24, 2.45) is 5.11 Å². The van der Waals surface area contributed by atoms with Gasteiger partial charge in [-0.05, 0) is 16.7 Å². The quantitative estimate of drug-likeness (QED) is 0.390. The van der Waals surface area contributed by atoms with E-state index in [0.29, 0.717) is 6.54 Å². The second-order valence-corrected chi connectivity index (χ2v) is 2.69. The first-order valence-corrected chi connectivity index (χ1v) is 4.26. The predicted octanol–water partition coefficient (Wildman–Crippen LogP) is 3.65. The first kappa shape index (κ1) is 10.1. The molecule has 0 aliphatic carbocycles. The zero-order valence-electron chi connectivity index (χ0n) is 7.80. The number of hydrogen-bond donors (Lipinski definition) is 0. The molecule has 14 heavy (non-hydrogen) atoms. The lowest BCUT2D eigenvalue weighted by Gasteiger charge is -1.94. The fourth-order valence-electron chi connectivity index (χ4n) is 1.02. The summed E-state index contributed by atoms with van der Waals surface area (Å²) in [6.45, 7) is 4.06. The van der Waals surface area contributed by atoms with Gasteiger partial charge in [-0.15, -0.1) is 0 Å². The molecule has 3 nitrogen and oxygen atoms in total. The molecular formula is C11H11N3. The van der Waals surface area contributed by atoms with Crippen molar-refractivity contribution >= 4 is 12.2 Å². The Morgan fingerprint density at radius 2 is 1.93 bits per heavy atom. The average Bonchev–Trinajstić information content (AvgIpc) is 2.25. The highest BCUT2D eigenvalue weighted by Crippen LogP contribution is 2.06. The molecular weight excluding hydrogens is 174 g/mol. The van der Waals surface area contributed by atoms with Crippen LogP contribution in [-0.4, -0.2) is 6.54 Å². The Morgan fingerprint density at radius 1 is 1.29 bits per heavy atom. The normalized spacial score (nSPS) is 9.71. The minimum Gasteiger partial charge on any atom is -0.0985 e. The molecule has 0 heterocycles. The van der Waals surface area contributed by atoms with Gasteiger partial charge in [0.2, 0.25) is 0 Å². The lowest BCUT2D eigenvalue weighted by molar-refractivity contribution is 1.22. The van der Waals surface area contributed by atoms with Gasteiger partial charge in [0.15, 0.2) is 0 Å². The highest BCUT2D eigenvalue weighted by Gasteiger charge is 1.86. The molecule has 3 heteroatoms. The second kappa shape index (κ2) is 5.62. The summed E-state index contributed by atoms with van der Waals surface area (Å²) in [6, 6.07) is 7.95. The van der Waals surface area contributed by atoms with Crippen molar-refractivity contribution < 1.29 is 0 Å². The van der Waals surface area contributed by atoms with Crippen molar-refractivity contribution in [3.63, 3.8) is 0 Å². The number of benzene rings is 1. The molecule has 0 atom stereocenters. The van der Waals surface area contributed by atoms with Crippen molar-refractivity contribution in [2.45, 2.75) is 0 Å². The van der Waals surface area contributed by atoms with Crippen LogP contribution in [0.15, 0.2) is 42.0 Å². The van der Waals surface area contributed by atoms with E-state index in [-0.39, 0.29) is 0 Å². The molecule has 0 radical (unpaired) electrons. The molecule has 0 saturated heterocycles. The zero-order chi connectivity index (χ0) is 10.2. The summed E-state index contributed by atoms with van der Waals surface area (Å²) < 4.78 is 0. The van der Waals surface area contributed by atoms with E-state index in [9.17, 15) is 0 Å². The Bertz CT molecular complexity index is 370. The molecule has 0 aliphatic heterocycles. The summed E-state index contributed by atoms with van der Waals surface area (Å²) >= 11 is 0. The van der Waals surface area contributed by atoms with Crippen LogP contribution < -0.4 is 0 Å². The van der Waals surface area contributed by atoms with Gasteiger partial charge in [0, 0.05) is 11.5 Å². The number of hydrogen-bond acceptors (Lipinski definition) is 1. The molecule has 0 aliphatic rings. The molecule has 70 valence electrons. The maximum absolute atomic E-state index is 8.05. The van der Waals surface area contributed by atoms with Gasteiger partial charge in [0.1, 0.15) is 0 Å². The molecule has 1 aromatic rings. The Labute approximate surface area is 83.0 Å². The van der Waals surface area contributed by atoms with Gasteiger partial charge in [-0.25, -0.2) is 0 Å². The van der Waals surface area contributed by atoms with E-state index < -0.39 is 0 Å². The van der Waals surface area contributed by atoms with Crippen LogP contribution in [0.4, 0.5) is 0 Å². The highest BCUT2D eigenvalue weighted by molar-refractivity contribution is 5.54. The Kier molecular flexibility index (Phi) is 4.05. The van der Waals surface area contributed by atoms with Gasteiger partial charge >= 0.3 is 0 Å². The molecule has 0 saturated carbocycles. The molecule has 0 aromatic heterocycles. The third kappa shape index (κ3) is 3.17. The highest BCUT2D eigenvalue weighted by atomic mass is 15.1.